The molecule has 1 N–H and O–H groups in total. The molecule has 0 saturated heterocycles. The third kappa shape index (κ3) is 3.43. The highest BCUT2D eigenvalue weighted by molar-refractivity contribution is 5.95. The Kier molecular flexibility index (Phi) is 5.59. The molecule has 6 nitrogen and oxygen atoms in total. The lowest BCUT2D eigenvalue weighted by molar-refractivity contribution is -0.140. The largest absolute Gasteiger partial charge is 0.477 e. The molecule has 1 amide bonds. The molecule has 132 valence electrons. The van der Waals surface area contributed by atoms with Crippen molar-refractivity contribution in [3.63, 3.8) is 0 Å². The van der Waals surface area contributed by atoms with Crippen LogP contribution in [-0.2, 0) is 4.74 Å². The number of carboxylic acid groups (broad SMARTS) is 1. The highest BCUT2D eigenvalue weighted by Gasteiger charge is 2.52. The molecule has 0 radical (unpaired) electrons. The fraction of sp³-hybridized carbons (Fsp3) is 0.611. The Bertz CT molecular complexity index is 598. The van der Waals surface area contributed by atoms with Gasteiger partial charge in [-0.3, -0.25) is 4.79 Å². The van der Waals surface area contributed by atoms with Gasteiger partial charge in [-0.2, -0.15) is 0 Å². The zero-order valence-electron chi connectivity index (χ0n) is 14.8. The van der Waals surface area contributed by atoms with Crippen LogP contribution in [0.1, 0.15) is 61.4 Å². The second-order valence-electron chi connectivity index (χ2n) is 6.75. The van der Waals surface area contributed by atoms with E-state index in [2.05, 4.69) is 18.8 Å². The van der Waals surface area contributed by atoms with E-state index >= 15 is 0 Å². The van der Waals surface area contributed by atoms with E-state index in [1.807, 2.05) is 18.7 Å². The van der Waals surface area contributed by atoms with Gasteiger partial charge in [-0.15, -0.1) is 0 Å². The fourth-order valence-corrected chi connectivity index (χ4v) is 3.33. The third-order valence-corrected chi connectivity index (χ3v) is 4.83. The number of carboxylic acids is 1. The summed E-state index contributed by atoms with van der Waals surface area (Å²) in [5.74, 6) is -1.20. The molecule has 2 atom stereocenters. The summed E-state index contributed by atoms with van der Waals surface area (Å²) >= 11 is 0. The molecule has 1 heterocycles. The molecule has 1 fully saturated rings. The van der Waals surface area contributed by atoms with E-state index < -0.39 is 5.97 Å². The molecule has 2 rings (SSSR count). The minimum Gasteiger partial charge on any atom is -0.477 e. The van der Waals surface area contributed by atoms with Gasteiger partial charge in [0.2, 0.25) is 0 Å². The van der Waals surface area contributed by atoms with E-state index in [1.54, 1.807) is 0 Å². The van der Waals surface area contributed by atoms with Crippen LogP contribution in [0.3, 0.4) is 0 Å². The number of carbonyl (C=O) groups excluding carboxylic acids is 1. The van der Waals surface area contributed by atoms with Crippen molar-refractivity contribution in [1.29, 1.82) is 0 Å². The first-order valence-corrected chi connectivity index (χ1v) is 8.44. The monoisotopic (exact) mass is 334 g/mol. The van der Waals surface area contributed by atoms with Gasteiger partial charge in [0.25, 0.3) is 5.91 Å². The van der Waals surface area contributed by atoms with E-state index in [0.29, 0.717) is 18.7 Å². The number of rotatable bonds is 7. The minimum absolute atomic E-state index is 0.0611. The number of nitrogens with zero attached hydrogens (tertiary/aromatic N) is 2. The molecule has 6 heteroatoms. The zero-order chi connectivity index (χ0) is 17.9. The number of aromatic carboxylic acids is 1. The molecule has 0 aromatic carbocycles. The van der Waals surface area contributed by atoms with Gasteiger partial charge >= 0.3 is 5.97 Å². The van der Waals surface area contributed by atoms with Gasteiger partial charge in [-0.1, -0.05) is 20.8 Å². The van der Waals surface area contributed by atoms with E-state index in [1.165, 1.54) is 18.3 Å². The van der Waals surface area contributed by atoms with Crippen molar-refractivity contribution in [3.8, 4) is 0 Å². The standard InChI is InChI=1S/C18H26N2O4/c1-5-9-20(14-10-15(24-6-2)18(14,3)4)16(21)12-7-8-13(17(22)23)19-11-12/h7-8,11,14-15H,5-6,9-10H2,1-4H3,(H,22,23). The Morgan fingerprint density at radius 2 is 2.08 bits per heavy atom. The molecular formula is C18H26N2O4. The number of hydrogen-bond acceptors (Lipinski definition) is 4. The molecule has 0 bridgehead atoms. The van der Waals surface area contributed by atoms with Crippen molar-refractivity contribution in [2.45, 2.75) is 52.7 Å². The topological polar surface area (TPSA) is 79.7 Å². The second-order valence-corrected chi connectivity index (χ2v) is 6.75. The number of carbonyl (C=O) groups is 2. The summed E-state index contributed by atoms with van der Waals surface area (Å²) in [6.45, 7) is 9.60. The van der Waals surface area contributed by atoms with Crippen LogP contribution in [0.5, 0.6) is 0 Å². The van der Waals surface area contributed by atoms with Crippen molar-refractivity contribution >= 4 is 11.9 Å². The Hall–Kier alpha value is -1.95. The number of ether oxygens (including phenoxy) is 1. The summed E-state index contributed by atoms with van der Waals surface area (Å²) in [4.78, 5) is 29.5. The summed E-state index contributed by atoms with van der Waals surface area (Å²) in [5, 5.41) is 8.92. The molecule has 1 aromatic heterocycles. The summed E-state index contributed by atoms with van der Waals surface area (Å²) in [7, 11) is 0. The van der Waals surface area contributed by atoms with Crippen molar-refractivity contribution in [1.82, 2.24) is 9.88 Å². The van der Waals surface area contributed by atoms with Gasteiger partial charge in [0.15, 0.2) is 0 Å². The number of pyridine rings is 1. The average molecular weight is 334 g/mol. The van der Waals surface area contributed by atoms with Crippen molar-refractivity contribution in [2.24, 2.45) is 5.41 Å². The Morgan fingerprint density at radius 1 is 1.38 bits per heavy atom. The number of aromatic nitrogens is 1. The number of hydrogen-bond donors (Lipinski definition) is 1. The molecule has 1 aliphatic rings. The maximum atomic E-state index is 12.9. The molecule has 24 heavy (non-hydrogen) atoms. The lowest BCUT2D eigenvalue weighted by Crippen LogP contribution is -2.63. The van der Waals surface area contributed by atoms with Gasteiger partial charge in [0.1, 0.15) is 5.69 Å². The van der Waals surface area contributed by atoms with Gasteiger partial charge in [0.05, 0.1) is 11.7 Å². The predicted octanol–water partition coefficient (Wildman–Crippen LogP) is 2.84. The van der Waals surface area contributed by atoms with Crippen molar-refractivity contribution < 1.29 is 19.4 Å². The van der Waals surface area contributed by atoms with Crippen LogP contribution in [0.15, 0.2) is 18.3 Å². The first-order chi connectivity index (χ1) is 11.3. The van der Waals surface area contributed by atoms with Crippen LogP contribution in [-0.4, -0.2) is 52.2 Å². The molecule has 2 unspecified atom stereocenters. The van der Waals surface area contributed by atoms with Crippen LogP contribution in [0.2, 0.25) is 0 Å². The van der Waals surface area contributed by atoms with Crippen LogP contribution >= 0.6 is 0 Å². The number of amides is 1. The smallest absolute Gasteiger partial charge is 0.354 e. The van der Waals surface area contributed by atoms with E-state index in [-0.39, 0.29) is 29.2 Å². The normalized spacial score (nSPS) is 21.8. The Balaban J connectivity index is 2.18. The SMILES string of the molecule is CCCN(C(=O)c1ccc(C(=O)O)nc1)C1CC(OCC)C1(C)C. The van der Waals surface area contributed by atoms with E-state index in [4.69, 9.17) is 9.84 Å². The summed E-state index contributed by atoms with van der Waals surface area (Å²) < 4.78 is 5.76. The first kappa shape index (κ1) is 18.4. The second kappa shape index (κ2) is 7.30. The van der Waals surface area contributed by atoms with Gasteiger partial charge in [0, 0.05) is 30.8 Å². The maximum absolute atomic E-state index is 12.9. The molecule has 1 aliphatic carbocycles. The fourth-order valence-electron chi connectivity index (χ4n) is 3.33. The van der Waals surface area contributed by atoms with Crippen LogP contribution in [0.25, 0.3) is 0 Å². The first-order valence-electron chi connectivity index (χ1n) is 8.44. The highest BCUT2D eigenvalue weighted by Crippen LogP contribution is 2.46. The summed E-state index contributed by atoms with van der Waals surface area (Å²) in [6, 6.07) is 3.02. The van der Waals surface area contributed by atoms with Gasteiger partial charge < -0.3 is 14.7 Å². The predicted molar refractivity (Wildman–Crippen MR) is 90.1 cm³/mol. The van der Waals surface area contributed by atoms with Gasteiger partial charge in [-0.25, -0.2) is 9.78 Å². The molecule has 0 aliphatic heterocycles. The molecular weight excluding hydrogens is 308 g/mol. The molecule has 0 spiro atoms. The quantitative estimate of drug-likeness (QED) is 0.829. The Labute approximate surface area is 142 Å². The highest BCUT2D eigenvalue weighted by atomic mass is 16.5. The van der Waals surface area contributed by atoms with Crippen LogP contribution in [0, 0.1) is 5.41 Å². The summed E-state index contributed by atoms with van der Waals surface area (Å²) in [6.07, 6.45) is 3.19. The lowest BCUT2D eigenvalue weighted by atomic mass is 9.63. The van der Waals surface area contributed by atoms with E-state index in [0.717, 1.165) is 12.8 Å². The molecule has 1 aromatic rings. The zero-order valence-corrected chi connectivity index (χ0v) is 14.8. The van der Waals surface area contributed by atoms with Crippen LogP contribution in [0.4, 0.5) is 0 Å². The summed E-state index contributed by atoms with van der Waals surface area (Å²) in [5.41, 5.74) is 0.257. The van der Waals surface area contributed by atoms with Crippen molar-refractivity contribution in [2.75, 3.05) is 13.2 Å². The average Bonchev–Trinajstić information content (AvgIpc) is 2.56. The van der Waals surface area contributed by atoms with Gasteiger partial charge in [-0.05, 0) is 31.9 Å². The van der Waals surface area contributed by atoms with E-state index in [9.17, 15) is 9.59 Å². The third-order valence-electron chi connectivity index (χ3n) is 4.83. The minimum atomic E-state index is -1.10. The lowest BCUT2D eigenvalue weighted by Gasteiger charge is -2.55. The van der Waals surface area contributed by atoms with Crippen molar-refractivity contribution in [3.05, 3.63) is 29.6 Å². The molecule has 1 saturated carbocycles. The van der Waals surface area contributed by atoms with Crippen LogP contribution < -0.4 is 0 Å². The Morgan fingerprint density at radius 3 is 2.54 bits per heavy atom. The maximum Gasteiger partial charge on any atom is 0.354 e.